The van der Waals surface area contributed by atoms with Crippen LogP contribution in [0.3, 0.4) is 0 Å². The van der Waals surface area contributed by atoms with Crippen LogP contribution in [0, 0.1) is 13.8 Å². The summed E-state index contributed by atoms with van der Waals surface area (Å²) in [7, 11) is 0. The molecule has 0 saturated carbocycles. The van der Waals surface area contributed by atoms with Gasteiger partial charge >= 0.3 is 0 Å². The van der Waals surface area contributed by atoms with Crippen LogP contribution in [0.4, 0.5) is 11.8 Å². The fourth-order valence-electron chi connectivity index (χ4n) is 1.80. The van der Waals surface area contributed by atoms with Crippen LogP contribution in [0.2, 0.25) is 0 Å². The average Bonchev–Trinajstić information content (AvgIpc) is 2.34. The molecule has 106 valence electrons. The van der Waals surface area contributed by atoms with Crippen molar-refractivity contribution in [3.63, 3.8) is 0 Å². The van der Waals surface area contributed by atoms with E-state index in [2.05, 4.69) is 34.1 Å². The lowest BCUT2D eigenvalue weighted by molar-refractivity contribution is 0.955. The van der Waals surface area contributed by atoms with Gasteiger partial charge in [0.2, 0.25) is 5.95 Å². The van der Waals surface area contributed by atoms with Gasteiger partial charge in [-0.15, -0.1) is 0 Å². The second kappa shape index (κ2) is 6.56. The van der Waals surface area contributed by atoms with Crippen molar-refractivity contribution in [1.29, 1.82) is 0 Å². The third-order valence-corrected chi connectivity index (χ3v) is 3.40. The summed E-state index contributed by atoms with van der Waals surface area (Å²) in [5, 5.41) is 4.94. The van der Waals surface area contributed by atoms with Crippen molar-refractivity contribution in [3.8, 4) is 0 Å². The maximum Gasteiger partial charge on any atom is 0.223 e. The van der Waals surface area contributed by atoms with Crippen molar-refractivity contribution in [2.24, 2.45) is 0 Å². The molecule has 20 heavy (non-hydrogen) atoms. The fraction of sp³-hybridized carbons (Fsp3) is 0.357. The zero-order valence-electron chi connectivity index (χ0n) is 12.0. The van der Waals surface area contributed by atoms with Crippen molar-refractivity contribution in [1.82, 2.24) is 15.0 Å². The predicted octanol–water partition coefficient (Wildman–Crippen LogP) is 3.04. The lowest BCUT2D eigenvalue weighted by Gasteiger charge is -2.07. The van der Waals surface area contributed by atoms with E-state index < -0.39 is 0 Å². The van der Waals surface area contributed by atoms with Gasteiger partial charge in [-0.3, -0.25) is 0 Å². The number of aromatic nitrogens is 3. The van der Waals surface area contributed by atoms with Crippen molar-refractivity contribution in [3.05, 3.63) is 29.5 Å². The predicted molar refractivity (Wildman–Crippen MR) is 83.1 cm³/mol. The fourth-order valence-corrected chi connectivity index (χ4v) is 2.76. The molecule has 0 radical (unpaired) electrons. The molecule has 0 atom stereocenters. The minimum Gasteiger partial charge on any atom is -0.370 e. The van der Waals surface area contributed by atoms with Gasteiger partial charge in [0.25, 0.3) is 0 Å². The summed E-state index contributed by atoms with van der Waals surface area (Å²) in [5.74, 6) is 1.03. The standard InChI is InChI=1S/C14H19N5S/c1-4-5-16-11-8-13(19-14(15)18-11)20-12-7-9(2)6-10(3)17-12/h6-8H,4-5H2,1-3H3,(H3,15,16,18,19). The van der Waals surface area contributed by atoms with Crippen LogP contribution >= 0.6 is 11.8 Å². The van der Waals surface area contributed by atoms with Crippen molar-refractivity contribution < 1.29 is 0 Å². The molecule has 0 unspecified atom stereocenters. The quantitative estimate of drug-likeness (QED) is 0.824. The summed E-state index contributed by atoms with van der Waals surface area (Å²) in [4.78, 5) is 12.9. The van der Waals surface area contributed by atoms with Crippen LogP contribution in [0.5, 0.6) is 0 Å². The molecule has 0 aliphatic heterocycles. The number of hydrogen-bond acceptors (Lipinski definition) is 6. The number of aryl methyl sites for hydroxylation is 2. The number of nitrogens with one attached hydrogen (secondary N) is 1. The van der Waals surface area contributed by atoms with E-state index in [0.29, 0.717) is 0 Å². The van der Waals surface area contributed by atoms with Gasteiger partial charge in [-0.2, -0.15) is 4.98 Å². The van der Waals surface area contributed by atoms with Crippen LogP contribution in [0.25, 0.3) is 0 Å². The third-order valence-electron chi connectivity index (χ3n) is 2.56. The molecule has 2 heterocycles. The van der Waals surface area contributed by atoms with Gasteiger partial charge in [0, 0.05) is 18.3 Å². The summed E-state index contributed by atoms with van der Waals surface area (Å²) < 4.78 is 0. The molecule has 5 nitrogen and oxygen atoms in total. The number of anilines is 2. The van der Waals surface area contributed by atoms with Crippen molar-refractivity contribution >= 4 is 23.5 Å². The molecule has 0 bridgehead atoms. The molecule has 0 aromatic carbocycles. The van der Waals surface area contributed by atoms with E-state index in [0.717, 1.165) is 34.5 Å². The molecule has 0 saturated heterocycles. The number of nitrogens with two attached hydrogens (primary N) is 1. The number of nitrogen functional groups attached to an aromatic ring is 1. The minimum atomic E-state index is 0.276. The van der Waals surface area contributed by atoms with E-state index >= 15 is 0 Å². The molecule has 2 aromatic heterocycles. The van der Waals surface area contributed by atoms with Crippen molar-refractivity contribution in [2.75, 3.05) is 17.6 Å². The normalized spacial score (nSPS) is 10.6. The van der Waals surface area contributed by atoms with Gasteiger partial charge in [-0.25, -0.2) is 9.97 Å². The number of pyridine rings is 1. The highest BCUT2D eigenvalue weighted by molar-refractivity contribution is 7.99. The number of rotatable bonds is 5. The van der Waals surface area contributed by atoms with Crippen molar-refractivity contribution in [2.45, 2.75) is 37.2 Å². The summed E-state index contributed by atoms with van der Waals surface area (Å²) in [6, 6.07) is 5.98. The van der Waals surface area contributed by atoms with E-state index in [4.69, 9.17) is 5.73 Å². The first kappa shape index (κ1) is 14.6. The van der Waals surface area contributed by atoms with Gasteiger partial charge in [-0.1, -0.05) is 6.92 Å². The first-order chi connectivity index (χ1) is 9.56. The number of nitrogens with zero attached hydrogens (tertiary/aromatic N) is 3. The first-order valence-corrected chi connectivity index (χ1v) is 7.40. The van der Waals surface area contributed by atoms with E-state index in [1.54, 1.807) is 0 Å². The van der Waals surface area contributed by atoms with E-state index in [9.17, 15) is 0 Å². The Morgan fingerprint density at radius 1 is 1.10 bits per heavy atom. The van der Waals surface area contributed by atoms with Gasteiger partial charge in [0.1, 0.15) is 15.9 Å². The lowest BCUT2D eigenvalue weighted by Crippen LogP contribution is -2.05. The summed E-state index contributed by atoms with van der Waals surface area (Å²) in [5.41, 5.74) is 7.93. The summed E-state index contributed by atoms with van der Waals surface area (Å²) in [6.45, 7) is 7.01. The highest BCUT2D eigenvalue weighted by atomic mass is 32.2. The Balaban J connectivity index is 2.21. The van der Waals surface area contributed by atoms with Crippen LogP contribution in [0.15, 0.2) is 28.3 Å². The second-order valence-electron chi connectivity index (χ2n) is 4.60. The Labute approximate surface area is 123 Å². The van der Waals surface area contributed by atoms with Crippen LogP contribution in [-0.4, -0.2) is 21.5 Å². The molecule has 0 spiro atoms. The molecular formula is C14H19N5S. The smallest absolute Gasteiger partial charge is 0.223 e. The Morgan fingerprint density at radius 3 is 2.55 bits per heavy atom. The Kier molecular flexibility index (Phi) is 4.79. The lowest BCUT2D eigenvalue weighted by atomic mass is 10.3. The van der Waals surface area contributed by atoms with Gasteiger partial charge < -0.3 is 11.1 Å². The Bertz CT molecular complexity index is 580. The second-order valence-corrected chi connectivity index (χ2v) is 5.64. The Hall–Kier alpha value is -1.82. The minimum absolute atomic E-state index is 0.276. The highest BCUT2D eigenvalue weighted by Crippen LogP contribution is 2.27. The molecule has 0 aliphatic rings. The van der Waals surface area contributed by atoms with E-state index in [-0.39, 0.29) is 5.95 Å². The highest BCUT2D eigenvalue weighted by Gasteiger charge is 2.06. The molecule has 0 fully saturated rings. The molecule has 6 heteroatoms. The number of hydrogen-bond donors (Lipinski definition) is 2. The maximum atomic E-state index is 5.75. The third kappa shape index (κ3) is 4.09. The molecule has 0 aliphatic carbocycles. The van der Waals surface area contributed by atoms with Crippen LogP contribution in [0.1, 0.15) is 24.6 Å². The van der Waals surface area contributed by atoms with E-state index in [1.165, 1.54) is 17.3 Å². The monoisotopic (exact) mass is 289 g/mol. The summed E-state index contributed by atoms with van der Waals surface area (Å²) >= 11 is 1.50. The van der Waals surface area contributed by atoms with E-state index in [1.807, 2.05) is 25.1 Å². The molecule has 0 amide bonds. The zero-order chi connectivity index (χ0) is 14.5. The van der Waals surface area contributed by atoms with Gasteiger partial charge in [0.05, 0.1) is 0 Å². The van der Waals surface area contributed by atoms with Gasteiger partial charge in [0.15, 0.2) is 0 Å². The first-order valence-electron chi connectivity index (χ1n) is 6.58. The largest absolute Gasteiger partial charge is 0.370 e. The Morgan fingerprint density at radius 2 is 1.85 bits per heavy atom. The average molecular weight is 289 g/mol. The zero-order valence-corrected chi connectivity index (χ0v) is 12.8. The van der Waals surface area contributed by atoms with Crippen LogP contribution < -0.4 is 11.1 Å². The summed E-state index contributed by atoms with van der Waals surface area (Å²) in [6.07, 6.45) is 1.03. The SMILES string of the molecule is CCCNc1cc(Sc2cc(C)cc(C)n2)nc(N)n1. The molecule has 2 aromatic rings. The van der Waals surface area contributed by atoms with Gasteiger partial charge in [-0.05, 0) is 49.7 Å². The molecular weight excluding hydrogens is 270 g/mol. The topological polar surface area (TPSA) is 76.7 Å². The van der Waals surface area contributed by atoms with Crippen LogP contribution in [-0.2, 0) is 0 Å². The molecule has 2 rings (SSSR count). The molecule has 3 N–H and O–H groups in total. The maximum absolute atomic E-state index is 5.75.